The van der Waals surface area contributed by atoms with Crippen molar-refractivity contribution in [1.82, 2.24) is 4.90 Å². The van der Waals surface area contributed by atoms with Crippen LogP contribution >= 0.6 is 0 Å². The second-order valence-electron chi connectivity index (χ2n) is 5.89. The molecule has 0 aromatic heterocycles. The first kappa shape index (κ1) is 15.0. The topological polar surface area (TPSA) is 12.5 Å². The third-order valence-corrected chi connectivity index (χ3v) is 4.36. The first-order valence-corrected chi connectivity index (χ1v) is 7.87. The lowest BCUT2D eigenvalue weighted by Crippen LogP contribution is -2.31. The van der Waals surface area contributed by atoms with Crippen molar-refractivity contribution in [2.45, 2.75) is 25.8 Å². The number of rotatable bonds is 5. The van der Waals surface area contributed by atoms with Gasteiger partial charge in [-0.3, -0.25) is 4.90 Å². The van der Waals surface area contributed by atoms with E-state index in [4.69, 9.17) is 4.74 Å². The van der Waals surface area contributed by atoms with Gasteiger partial charge in [0.2, 0.25) is 0 Å². The van der Waals surface area contributed by atoms with Gasteiger partial charge in [0.1, 0.15) is 11.6 Å². The number of halogens is 1. The summed E-state index contributed by atoms with van der Waals surface area (Å²) in [7, 11) is 1.69. The molecular formula is C19H22FNO. The van der Waals surface area contributed by atoms with E-state index in [9.17, 15) is 4.39 Å². The summed E-state index contributed by atoms with van der Waals surface area (Å²) < 4.78 is 18.5. The molecular weight excluding hydrogens is 277 g/mol. The molecule has 2 aromatic rings. The van der Waals surface area contributed by atoms with Gasteiger partial charge < -0.3 is 4.74 Å². The van der Waals surface area contributed by atoms with Gasteiger partial charge in [0.15, 0.2) is 0 Å². The molecule has 0 fully saturated rings. The summed E-state index contributed by atoms with van der Waals surface area (Å²) in [5.74, 6) is 0.775. The molecule has 1 aliphatic heterocycles. The second kappa shape index (κ2) is 6.93. The number of aryl methyl sites for hydroxylation is 1. The van der Waals surface area contributed by atoms with Crippen molar-refractivity contribution >= 4 is 0 Å². The fourth-order valence-corrected chi connectivity index (χ4v) is 3.07. The molecule has 0 atom stereocenters. The van der Waals surface area contributed by atoms with Crippen molar-refractivity contribution in [3.05, 3.63) is 65.0 Å². The average molecular weight is 299 g/mol. The van der Waals surface area contributed by atoms with Gasteiger partial charge in [0, 0.05) is 13.1 Å². The normalized spacial score (nSPS) is 14.6. The molecule has 0 bridgehead atoms. The Labute approximate surface area is 131 Å². The van der Waals surface area contributed by atoms with E-state index in [0.717, 1.165) is 50.2 Å². The molecule has 0 saturated carbocycles. The van der Waals surface area contributed by atoms with Crippen LogP contribution in [0.2, 0.25) is 0 Å². The fourth-order valence-electron chi connectivity index (χ4n) is 3.07. The average Bonchev–Trinajstić information content (AvgIpc) is 2.55. The molecule has 3 heteroatoms. The first-order valence-electron chi connectivity index (χ1n) is 7.87. The number of nitrogens with zero attached hydrogens (tertiary/aromatic N) is 1. The Kier molecular flexibility index (Phi) is 4.74. The highest BCUT2D eigenvalue weighted by Crippen LogP contribution is 2.20. The third kappa shape index (κ3) is 3.66. The lowest BCUT2D eigenvalue weighted by Gasteiger charge is -2.28. The number of benzene rings is 2. The van der Waals surface area contributed by atoms with E-state index in [1.807, 2.05) is 18.2 Å². The van der Waals surface area contributed by atoms with E-state index < -0.39 is 0 Å². The summed E-state index contributed by atoms with van der Waals surface area (Å²) >= 11 is 0. The van der Waals surface area contributed by atoms with Gasteiger partial charge in [-0.15, -0.1) is 0 Å². The molecule has 1 heterocycles. The first-order chi connectivity index (χ1) is 10.7. The largest absolute Gasteiger partial charge is 0.497 e. The van der Waals surface area contributed by atoms with E-state index in [0.29, 0.717) is 0 Å². The van der Waals surface area contributed by atoms with Crippen LogP contribution in [0.15, 0.2) is 42.5 Å². The Bertz CT molecular complexity index is 624. The van der Waals surface area contributed by atoms with Crippen LogP contribution in [0.25, 0.3) is 0 Å². The summed E-state index contributed by atoms with van der Waals surface area (Å²) in [5.41, 5.74) is 3.78. The maximum absolute atomic E-state index is 13.3. The van der Waals surface area contributed by atoms with Crippen molar-refractivity contribution in [3.8, 4) is 5.75 Å². The lowest BCUT2D eigenvalue weighted by atomic mass is 9.99. The monoisotopic (exact) mass is 299 g/mol. The molecule has 0 aliphatic carbocycles. The maximum Gasteiger partial charge on any atom is 0.123 e. The molecule has 3 rings (SSSR count). The Hall–Kier alpha value is -1.87. The van der Waals surface area contributed by atoms with Crippen molar-refractivity contribution in [1.29, 1.82) is 0 Å². The minimum atomic E-state index is -0.126. The summed E-state index contributed by atoms with van der Waals surface area (Å²) in [6.07, 6.45) is 3.21. The van der Waals surface area contributed by atoms with Crippen LogP contribution in [-0.4, -0.2) is 25.1 Å². The molecule has 2 nitrogen and oxygen atoms in total. The van der Waals surface area contributed by atoms with Gasteiger partial charge in [-0.25, -0.2) is 4.39 Å². The fraction of sp³-hybridized carbons (Fsp3) is 0.368. The molecule has 1 aliphatic rings. The quantitative estimate of drug-likeness (QED) is 0.832. The predicted octanol–water partition coefficient (Wildman–Crippen LogP) is 3.83. The third-order valence-electron chi connectivity index (χ3n) is 4.36. The van der Waals surface area contributed by atoms with E-state index in [2.05, 4.69) is 17.0 Å². The Morgan fingerprint density at radius 3 is 2.68 bits per heavy atom. The molecule has 2 aromatic carbocycles. The number of methoxy groups -OCH3 is 1. The van der Waals surface area contributed by atoms with Crippen LogP contribution < -0.4 is 4.74 Å². The predicted molar refractivity (Wildman–Crippen MR) is 86.7 cm³/mol. The smallest absolute Gasteiger partial charge is 0.123 e. The van der Waals surface area contributed by atoms with Crippen LogP contribution in [-0.2, 0) is 19.4 Å². The molecule has 0 amide bonds. The minimum absolute atomic E-state index is 0.126. The van der Waals surface area contributed by atoms with E-state index in [-0.39, 0.29) is 5.82 Å². The summed E-state index contributed by atoms with van der Waals surface area (Å²) in [6, 6.07) is 13.5. The number of ether oxygens (including phenoxy) is 1. The molecule has 0 saturated heterocycles. The highest BCUT2D eigenvalue weighted by Gasteiger charge is 2.16. The van der Waals surface area contributed by atoms with E-state index in [1.54, 1.807) is 19.2 Å². The van der Waals surface area contributed by atoms with Crippen LogP contribution in [0.1, 0.15) is 23.1 Å². The van der Waals surface area contributed by atoms with Gasteiger partial charge in [-0.2, -0.15) is 0 Å². The molecule has 0 spiro atoms. The SMILES string of the molecule is COc1ccc(CCCN2CCc3ccc(F)cc3C2)cc1. The van der Waals surface area contributed by atoms with Crippen LogP contribution in [0.5, 0.6) is 5.75 Å². The number of hydrogen-bond donors (Lipinski definition) is 0. The van der Waals surface area contributed by atoms with Gasteiger partial charge in [0.05, 0.1) is 7.11 Å². The van der Waals surface area contributed by atoms with Gasteiger partial charge in [0.25, 0.3) is 0 Å². The van der Waals surface area contributed by atoms with Crippen molar-refractivity contribution in [2.24, 2.45) is 0 Å². The second-order valence-corrected chi connectivity index (χ2v) is 5.89. The van der Waals surface area contributed by atoms with Crippen LogP contribution in [0, 0.1) is 5.82 Å². The molecule has 0 radical (unpaired) electrons. The zero-order valence-corrected chi connectivity index (χ0v) is 13.0. The van der Waals surface area contributed by atoms with Gasteiger partial charge in [-0.05, 0) is 66.8 Å². The van der Waals surface area contributed by atoms with Gasteiger partial charge >= 0.3 is 0 Å². The zero-order chi connectivity index (χ0) is 15.4. The Balaban J connectivity index is 1.50. The van der Waals surface area contributed by atoms with Gasteiger partial charge in [-0.1, -0.05) is 18.2 Å². The number of fused-ring (bicyclic) bond motifs is 1. The minimum Gasteiger partial charge on any atom is -0.497 e. The Morgan fingerprint density at radius 1 is 1.09 bits per heavy atom. The van der Waals surface area contributed by atoms with Crippen molar-refractivity contribution in [2.75, 3.05) is 20.2 Å². The van der Waals surface area contributed by atoms with Crippen LogP contribution in [0.3, 0.4) is 0 Å². The highest BCUT2D eigenvalue weighted by molar-refractivity contribution is 5.30. The van der Waals surface area contributed by atoms with Crippen molar-refractivity contribution < 1.29 is 9.13 Å². The summed E-state index contributed by atoms with van der Waals surface area (Å²) in [6.45, 7) is 3.00. The maximum atomic E-state index is 13.3. The molecule has 22 heavy (non-hydrogen) atoms. The molecule has 0 N–H and O–H groups in total. The van der Waals surface area contributed by atoms with E-state index in [1.165, 1.54) is 11.1 Å². The van der Waals surface area contributed by atoms with E-state index >= 15 is 0 Å². The molecule has 116 valence electrons. The summed E-state index contributed by atoms with van der Waals surface area (Å²) in [4.78, 5) is 2.42. The van der Waals surface area contributed by atoms with Crippen LogP contribution in [0.4, 0.5) is 4.39 Å². The number of hydrogen-bond acceptors (Lipinski definition) is 2. The Morgan fingerprint density at radius 2 is 1.91 bits per heavy atom. The summed E-state index contributed by atoms with van der Waals surface area (Å²) in [5, 5.41) is 0. The lowest BCUT2D eigenvalue weighted by molar-refractivity contribution is 0.250. The highest BCUT2D eigenvalue weighted by atomic mass is 19.1. The van der Waals surface area contributed by atoms with Crippen molar-refractivity contribution in [3.63, 3.8) is 0 Å². The zero-order valence-electron chi connectivity index (χ0n) is 13.0. The molecule has 0 unspecified atom stereocenters. The standard InChI is InChI=1S/C19H22FNO/c1-22-19-8-4-15(5-9-19)3-2-11-21-12-10-16-6-7-18(20)13-17(16)14-21/h4-9,13H,2-3,10-12,14H2,1H3.